The highest BCUT2D eigenvalue weighted by atomic mass is 32.2. The van der Waals surface area contributed by atoms with Gasteiger partial charge in [-0.05, 0) is 42.5 Å². The fourth-order valence-corrected chi connectivity index (χ4v) is 3.92. The molecule has 0 unspecified atom stereocenters. The molecule has 3 nitrogen and oxygen atoms in total. The van der Waals surface area contributed by atoms with Gasteiger partial charge in [-0.3, -0.25) is 4.98 Å². The molecule has 7 heteroatoms. The number of hydrogen-bond donors (Lipinski definition) is 2. The van der Waals surface area contributed by atoms with Crippen molar-refractivity contribution in [3.63, 3.8) is 0 Å². The van der Waals surface area contributed by atoms with E-state index in [0.717, 1.165) is 23.6 Å². The molecule has 1 saturated heterocycles. The van der Waals surface area contributed by atoms with Crippen molar-refractivity contribution in [3.05, 3.63) is 36.0 Å². The first-order valence-electron chi connectivity index (χ1n) is 7.37. The number of rotatable bonds is 3. The average molecular weight is 342 g/mol. The minimum absolute atomic E-state index is 0.288. The number of fused-ring (bicyclic) bond motifs is 1. The summed E-state index contributed by atoms with van der Waals surface area (Å²) < 4.78 is 38.3. The van der Waals surface area contributed by atoms with Crippen LogP contribution in [0.3, 0.4) is 0 Å². The van der Waals surface area contributed by atoms with E-state index in [1.54, 1.807) is 6.07 Å². The van der Waals surface area contributed by atoms with Gasteiger partial charge in [0.1, 0.15) is 0 Å². The number of anilines is 1. The maximum Gasteiger partial charge on any atom is 0.416 e. The van der Waals surface area contributed by atoms with E-state index < -0.39 is 17.3 Å². The molecule has 3 rings (SSSR count). The second-order valence-electron chi connectivity index (χ2n) is 5.78. The number of hydrogen-bond acceptors (Lipinski definition) is 4. The molecule has 0 saturated carbocycles. The van der Waals surface area contributed by atoms with Crippen LogP contribution in [0.5, 0.6) is 0 Å². The SMILES string of the molecule is OC1(CNc2ccnc3cc(C(F)(F)F)ccc23)CCSCC1. The molecule has 2 N–H and O–H groups in total. The lowest BCUT2D eigenvalue weighted by Crippen LogP contribution is -2.40. The summed E-state index contributed by atoms with van der Waals surface area (Å²) in [6.45, 7) is 0.383. The van der Waals surface area contributed by atoms with Crippen LogP contribution in [0.15, 0.2) is 30.5 Å². The summed E-state index contributed by atoms with van der Waals surface area (Å²) in [5.41, 5.74) is -0.490. The molecule has 0 aliphatic carbocycles. The zero-order valence-electron chi connectivity index (χ0n) is 12.4. The molecule has 2 aromatic rings. The van der Waals surface area contributed by atoms with Crippen LogP contribution in [-0.2, 0) is 6.18 Å². The lowest BCUT2D eigenvalue weighted by atomic mass is 9.96. The maximum atomic E-state index is 12.8. The van der Waals surface area contributed by atoms with Crippen molar-refractivity contribution in [2.75, 3.05) is 23.4 Å². The van der Waals surface area contributed by atoms with Crippen molar-refractivity contribution in [2.24, 2.45) is 0 Å². The van der Waals surface area contributed by atoms with Gasteiger partial charge in [0, 0.05) is 23.8 Å². The zero-order chi connectivity index (χ0) is 16.5. The molecule has 1 aromatic carbocycles. The molecule has 1 aliphatic rings. The number of halogens is 3. The first-order valence-corrected chi connectivity index (χ1v) is 8.53. The molecule has 0 bridgehead atoms. The second-order valence-corrected chi connectivity index (χ2v) is 7.00. The minimum Gasteiger partial charge on any atom is -0.388 e. The smallest absolute Gasteiger partial charge is 0.388 e. The van der Waals surface area contributed by atoms with Crippen LogP contribution in [0.4, 0.5) is 18.9 Å². The van der Waals surface area contributed by atoms with Gasteiger partial charge in [0.05, 0.1) is 16.7 Å². The Morgan fingerprint density at radius 1 is 1.22 bits per heavy atom. The largest absolute Gasteiger partial charge is 0.416 e. The summed E-state index contributed by atoms with van der Waals surface area (Å²) in [6.07, 6.45) is -1.47. The molecule has 0 radical (unpaired) electrons. The molecule has 2 heterocycles. The molecule has 0 atom stereocenters. The summed E-state index contributed by atoms with van der Waals surface area (Å²) in [5, 5.41) is 14.3. The number of pyridine rings is 1. The molecule has 0 amide bonds. The molecule has 124 valence electrons. The number of alkyl halides is 3. The van der Waals surface area contributed by atoms with Crippen molar-refractivity contribution in [2.45, 2.75) is 24.6 Å². The lowest BCUT2D eigenvalue weighted by molar-refractivity contribution is -0.137. The van der Waals surface area contributed by atoms with Crippen LogP contribution < -0.4 is 5.32 Å². The number of nitrogens with zero attached hydrogens (tertiary/aromatic N) is 1. The summed E-state index contributed by atoms with van der Waals surface area (Å²) in [4.78, 5) is 4.02. The van der Waals surface area contributed by atoms with Gasteiger partial charge >= 0.3 is 6.18 Å². The van der Waals surface area contributed by atoms with E-state index in [2.05, 4.69) is 10.3 Å². The predicted molar refractivity (Wildman–Crippen MR) is 86.7 cm³/mol. The van der Waals surface area contributed by atoms with Crippen molar-refractivity contribution >= 4 is 28.4 Å². The van der Waals surface area contributed by atoms with Gasteiger partial charge < -0.3 is 10.4 Å². The molecule has 1 fully saturated rings. The van der Waals surface area contributed by atoms with Crippen LogP contribution in [0.1, 0.15) is 18.4 Å². The van der Waals surface area contributed by atoms with Crippen LogP contribution in [-0.4, -0.2) is 33.7 Å². The number of nitrogens with one attached hydrogen (secondary N) is 1. The third-order valence-electron chi connectivity index (χ3n) is 4.10. The highest BCUT2D eigenvalue weighted by Gasteiger charge is 2.31. The van der Waals surface area contributed by atoms with Crippen molar-refractivity contribution in [3.8, 4) is 0 Å². The number of thioether (sulfide) groups is 1. The average Bonchev–Trinajstić information content (AvgIpc) is 2.52. The highest BCUT2D eigenvalue weighted by molar-refractivity contribution is 7.99. The van der Waals surface area contributed by atoms with E-state index in [1.165, 1.54) is 12.3 Å². The van der Waals surface area contributed by atoms with Crippen LogP contribution in [0.2, 0.25) is 0 Å². The molecule has 1 aliphatic heterocycles. The molecular formula is C16H17F3N2OS. The van der Waals surface area contributed by atoms with Gasteiger partial charge in [-0.2, -0.15) is 24.9 Å². The normalized spacial score (nSPS) is 18.1. The number of aliphatic hydroxyl groups is 1. The monoisotopic (exact) mass is 342 g/mol. The van der Waals surface area contributed by atoms with Gasteiger partial charge in [-0.15, -0.1) is 0 Å². The Labute approximate surface area is 136 Å². The molecule has 23 heavy (non-hydrogen) atoms. The predicted octanol–water partition coefficient (Wildman–Crippen LogP) is 3.92. The Hall–Kier alpha value is -1.47. The van der Waals surface area contributed by atoms with Crippen LogP contribution in [0.25, 0.3) is 10.9 Å². The maximum absolute atomic E-state index is 12.8. The van der Waals surface area contributed by atoms with E-state index in [1.807, 2.05) is 11.8 Å². The first-order chi connectivity index (χ1) is 10.9. The van der Waals surface area contributed by atoms with E-state index in [-0.39, 0.29) is 5.52 Å². The summed E-state index contributed by atoms with van der Waals surface area (Å²) in [5.74, 6) is 1.84. The molecular weight excluding hydrogens is 325 g/mol. The number of aromatic nitrogens is 1. The van der Waals surface area contributed by atoms with Crippen molar-refractivity contribution in [1.82, 2.24) is 4.98 Å². The highest BCUT2D eigenvalue weighted by Crippen LogP contribution is 2.33. The second kappa shape index (κ2) is 6.20. The topological polar surface area (TPSA) is 45.1 Å². The molecule has 0 spiro atoms. The number of benzene rings is 1. The fourth-order valence-electron chi connectivity index (χ4n) is 2.67. The fraction of sp³-hybridized carbons (Fsp3) is 0.438. The van der Waals surface area contributed by atoms with Crippen LogP contribution >= 0.6 is 11.8 Å². The molecule has 1 aromatic heterocycles. The Kier molecular flexibility index (Phi) is 4.42. The van der Waals surface area contributed by atoms with Gasteiger partial charge in [0.25, 0.3) is 0 Å². The van der Waals surface area contributed by atoms with E-state index in [9.17, 15) is 18.3 Å². The zero-order valence-corrected chi connectivity index (χ0v) is 13.2. The third-order valence-corrected chi connectivity index (χ3v) is 5.09. The Balaban J connectivity index is 1.84. The third kappa shape index (κ3) is 3.72. The van der Waals surface area contributed by atoms with Gasteiger partial charge in [-0.1, -0.05) is 6.07 Å². The Bertz CT molecular complexity index is 699. The van der Waals surface area contributed by atoms with Gasteiger partial charge in [-0.25, -0.2) is 0 Å². The Morgan fingerprint density at radius 3 is 2.65 bits per heavy atom. The standard InChI is InChI=1S/C16H17F3N2OS/c17-16(18,19)11-1-2-12-13(3-6-20-14(12)9-11)21-10-15(22)4-7-23-8-5-15/h1-3,6,9,22H,4-5,7-8,10H2,(H,20,21). The van der Waals surface area contributed by atoms with E-state index >= 15 is 0 Å². The van der Waals surface area contributed by atoms with Gasteiger partial charge in [0.2, 0.25) is 0 Å². The summed E-state index contributed by atoms with van der Waals surface area (Å²) in [6, 6.07) is 5.25. The minimum atomic E-state index is -4.38. The summed E-state index contributed by atoms with van der Waals surface area (Å²) in [7, 11) is 0. The van der Waals surface area contributed by atoms with Crippen LogP contribution in [0, 0.1) is 0 Å². The Morgan fingerprint density at radius 2 is 1.96 bits per heavy atom. The lowest BCUT2D eigenvalue weighted by Gasteiger charge is -2.32. The van der Waals surface area contributed by atoms with E-state index in [0.29, 0.717) is 30.5 Å². The van der Waals surface area contributed by atoms with Crippen molar-refractivity contribution in [1.29, 1.82) is 0 Å². The van der Waals surface area contributed by atoms with E-state index in [4.69, 9.17) is 0 Å². The quantitative estimate of drug-likeness (QED) is 0.887. The first kappa shape index (κ1) is 16.4. The van der Waals surface area contributed by atoms with Gasteiger partial charge in [0.15, 0.2) is 0 Å². The summed E-state index contributed by atoms with van der Waals surface area (Å²) >= 11 is 1.82. The van der Waals surface area contributed by atoms with Crippen molar-refractivity contribution < 1.29 is 18.3 Å².